The Morgan fingerprint density at radius 1 is 1.32 bits per heavy atom. The summed E-state index contributed by atoms with van der Waals surface area (Å²) in [6, 6.07) is 0. The molecule has 0 aromatic carbocycles. The van der Waals surface area contributed by atoms with Crippen molar-refractivity contribution in [2.75, 3.05) is 45.4 Å². The minimum Gasteiger partial charge on any atom is -0.383 e. The number of halogens is 1. The first-order valence-corrected chi connectivity index (χ1v) is 7.46. The molecule has 0 aliphatic carbocycles. The van der Waals surface area contributed by atoms with E-state index in [1.807, 2.05) is 16.0 Å². The summed E-state index contributed by atoms with van der Waals surface area (Å²) in [5, 5.41) is 2.01. The summed E-state index contributed by atoms with van der Waals surface area (Å²) in [5.41, 5.74) is 1.02. The third-order valence-electron chi connectivity index (χ3n) is 2.90. The van der Waals surface area contributed by atoms with Crippen molar-refractivity contribution in [1.82, 2.24) is 9.38 Å². The molecule has 2 heterocycles. The zero-order chi connectivity index (χ0) is 13.7. The van der Waals surface area contributed by atoms with E-state index in [4.69, 9.17) is 21.1 Å². The van der Waals surface area contributed by atoms with Crippen molar-refractivity contribution < 1.29 is 9.47 Å². The van der Waals surface area contributed by atoms with Gasteiger partial charge in [0.05, 0.1) is 24.8 Å². The van der Waals surface area contributed by atoms with Crippen LogP contribution >= 0.6 is 22.9 Å². The first-order valence-electron chi connectivity index (χ1n) is 6.05. The molecule has 106 valence electrons. The molecule has 0 spiro atoms. The number of alkyl halides is 1. The molecular weight excluding hydrogens is 286 g/mol. The highest BCUT2D eigenvalue weighted by Crippen LogP contribution is 2.25. The van der Waals surface area contributed by atoms with E-state index < -0.39 is 0 Å². The Hall–Kier alpha value is -0.820. The molecule has 0 unspecified atom stereocenters. The lowest BCUT2D eigenvalue weighted by Gasteiger charge is -2.22. The molecule has 5 nitrogen and oxygen atoms in total. The van der Waals surface area contributed by atoms with E-state index in [0.29, 0.717) is 19.1 Å². The number of rotatable bonds is 8. The third-order valence-corrected chi connectivity index (χ3v) is 3.91. The van der Waals surface area contributed by atoms with Crippen LogP contribution in [0.1, 0.15) is 5.69 Å². The van der Waals surface area contributed by atoms with Crippen LogP contribution in [0.5, 0.6) is 0 Å². The van der Waals surface area contributed by atoms with Crippen LogP contribution in [0.15, 0.2) is 11.6 Å². The summed E-state index contributed by atoms with van der Waals surface area (Å²) in [7, 11) is 3.39. The Balaban J connectivity index is 2.27. The number of aromatic nitrogens is 2. The van der Waals surface area contributed by atoms with Gasteiger partial charge in [-0.1, -0.05) is 0 Å². The molecule has 2 aromatic rings. The van der Waals surface area contributed by atoms with Crippen LogP contribution in [0.25, 0.3) is 4.96 Å². The van der Waals surface area contributed by atoms with Crippen LogP contribution in [0.2, 0.25) is 0 Å². The van der Waals surface area contributed by atoms with E-state index in [9.17, 15) is 0 Å². The summed E-state index contributed by atoms with van der Waals surface area (Å²) >= 11 is 7.68. The molecule has 0 N–H and O–H groups in total. The lowest BCUT2D eigenvalue weighted by Crippen LogP contribution is -2.31. The lowest BCUT2D eigenvalue weighted by atomic mass is 10.4. The number of methoxy groups -OCH3 is 2. The number of hydrogen-bond donors (Lipinski definition) is 0. The van der Waals surface area contributed by atoms with E-state index in [2.05, 4.69) is 9.88 Å². The van der Waals surface area contributed by atoms with Gasteiger partial charge in [-0.3, -0.25) is 4.40 Å². The van der Waals surface area contributed by atoms with Gasteiger partial charge in [0.1, 0.15) is 0 Å². The first kappa shape index (κ1) is 14.6. The predicted molar refractivity (Wildman–Crippen MR) is 78.6 cm³/mol. The molecule has 0 amide bonds. The number of ether oxygens (including phenoxy) is 2. The molecule has 19 heavy (non-hydrogen) atoms. The number of imidazole rings is 1. The third kappa shape index (κ3) is 3.20. The maximum absolute atomic E-state index is 6.08. The second kappa shape index (κ2) is 7.09. The molecule has 2 rings (SSSR count). The largest absolute Gasteiger partial charge is 0.383 e. The maximum atomic E-state index is 6.08. The van der Waals surface area contributed by atoms with Gasteiger partial charge in [0.2, 0.25) is 0 Å². The smallest absolute Gasteiger partial charge is 0.195 e. The molecule has 7 heteroatoms. The highest BCUT2D eigenvalue weighted by molar-refractivity contribution is 7.15. The molecule has 2 aromatic heterocycles. The Morgan fingerprint density at radius 2 is 2.00 bits per heavy atom. The molecule has 0 aliphatic heterocycles. The Bertz CT molecular complexity index is 506. The summed E-state index contributed by atoms with van der Waals surface area (Å²) in [6.45, 7) is 2.84. The first-order chi connectivity index (χ1) is 9.31. The quantitative estimate of drug-likeness (QED) is 0.701. The number of nitrogens with zero attached hydrogens (tertiary/aromatic N) is 3. The zero-order valence-corrected chi connectivity index (χ0v) is 12.7. The Kier molecular flexibility index (Phi) is 5.45. The molecule has 0 atom stereocenters. The van der Waals surface area contributed by atoms with Gasteiger partial charge >= 0.3 is 0 Å². The monoisotopic (exact) mass is 303 g/mol. The molecule has 0 radical (unpaired) electrons. The van der Waals surface area contributed by atoms with Crippen molar-refractivity contribution in [2.45, 2.75) is 5.88 Å². The van der Waals surface area contributed by atoms with Crippen molar-refractivity contribution >= 4 is 33.7 Å². The minimum atomic E-state index is 0.434. The van der Waals surface area contributed by atoms with Crippen LogP contribution in [0.4, 0.5) is 5.82 Å². The van der Waals surface area contributed by atoms with Crippen molar-refractivity contribution in [1.29, 1.82) is 0 Å². The second-order valence-electron chi connectivity index (χ2n) is 4.04. The lowest BCUT2D eigenvalue weighted by molar-refractivity contribution is 0.190. The molecule has 0 saturated heterocycles. The average molecular weight is 304 g/mol. The summed E-state index contributed by atoms with van der Waals surface area (Å²) in [6.07, 6.45) is 2.00. The van der Waals surface area contributed by atoms with Gasteiger partial charge in [-0.15, -0.1) is 22.9 Å². The number of hydrogen-bond acceptors (Lipinski definition) is 5. The fourth-order valence-corrected chi connectivity index (χ4v) is 2.90. The van der Waals surface area contributed by atoms with Crippen molar-refractivity contribution in [3.8, 4) is 0 Å². The number of fused-ring (bicyclic) bond motifs is 1. The van der Waals surface area contributed by atoms with Crippen LogP contribution < -0.4 is 4.90 Å². The number of thiazole rings is 1. The normalized spacial score (nSPS) is 11.3. The van der Waals surface area contributed by atoms with E-state index in [1.165, 1.54) is 0 Å². The van der Waals surface area contributed by atoms with Crippen LogP contribution in [0, 0.1) is 0 Å². The van der Waals surface area contributed by atoms with Crippen LogP contribution in [-0.4, -0.2) is 49.9 Å². The number of anilines is 1. The van der Waals surface area contributed by atoms with E-state index in [-0.39, 0.29) is 0 Å². The van der Waals surface area contributed by atoms with Crippen molar-refractivity contribution in [3.05, 3.63) is 17.3 Å². The van der Waals surface area contributed by atoms with Gasteiger partial charge in [0, 0.05) is 38.9 Å². The molecule has 0 saturated carbocycles. The molecular formula is C12H18ClN3O2S. The topological polar surface area (TPSA) is 39.0 Å². The fourth-order valence-electron chi connectivity index (χ4n) is 1.93. The van der Waals surface area contributed by atoms with Crippen molar-refractivity contribution in [3.63, 3.8) is 0 Å². The van der Waals surface area contributed by atoms with Gasteiger partial charge in [-0.05, 0) is 0 Å². The van der Waals surface area contributed by atoms with Gasteiger partial charge in [-0.2, -0.15) is 0 Å². The summed E-state index contributed by atoms with van der Waals surface area (Å²) < 4.78 is 12.4. The van der Waals surface area contributed by atoms with E-state index in [1.54, 1.807) is 25.6 Å². The van der Waals surface area contributed by atoms with E-state index in [0.717, 1.165) is 29.6 Å². The summed E-state index contributed by atoms with van der Waals surface area (Å²) in [4.78, 5) is 7.78. The Labute approximate surface area is 121 Å². The highest BCUT2D eigenvalue weighted by atomic mass is 35.5. The zero-order valence-electron chi connectivity index (χ0n) is 11.1. The van der Waals surface area contributed by atoms with Gasteiger partial charge in [0.15, 0.2) is 10.8 Å². The second-order valence-corrected chi connectivity index (χ2v) is 5.18. The average Bonchev–Trinajstić information content (AvgIpc) is 2.99. The van der Waals surface area contributed by atoms with E-state index >= 15 is 0 Å². The predicted octanol–water partition coefficient (Wildman–Crippen LogP) is 2.23. The minimum absolute atomic E-state index is 0.434. The highest BCUT2D eigenvalue weighted by Gasteiger charge is 2.18. The standard InChI is InChI=1S/C12H18ClN3O2S/c1-17-6-3-15(4-7-18-2)11-10(9-13)16-5-8-19-12(16)14-11/h5,8H,3-4,6-7,9H2,1-2H3. The van der Waals surface area contributed by atoms with Gasteiger partial charge in [-0.25, -0.2) is 4.98 Å². The van der Waals surface area contributed by atoms with Gasteiger partial charge < -0.3 is 14.4 Å². The maximum Gasteiger partial charge on any atom is 0.195 e. The fraction of sp³-hybridized carbons (Fsp3) is 0.583. The summed E-state index contributed by atoms with van der Waals surface area (Å²) in [5.74, 6) is 1.36. The molecule has 0 fully saturated rings. The molecule has 0 aliphatic rings. The molecule has 0 bridgehead atoms. The van der Waals surface area contributed by atoms with Crippen molar-refractivity contribution in [2.24, 2.45) is 0 Å². The van der Waals surface area contributed by atoms with Crippen LogP contribution in [-0.2, 0) is 15.4 Å². The van der Waals surface area contributed by atoms with Gasteiger partial charge in [0.25, 0.3) is 0 Å². The Morgan fingerprint density at radius 3 is 2.58 bits per heavy atom. The van der Waals surface area contributed by atoms with Crippen LogP contribution in [0.3, 0.4) is 0 Å². The SMILES string of the molecule is COCCN(CCOC)c1nc2sccn2c1CCl.